The number of terminal acetylenes is 1. The van der Waals surface area contributed by atoms with Gasteiger partial charge in [0, 0.05) is 18.5 Å². The number of carbonyl (C=O) groups excluding carboxylic acids is 1. The van der Waals surface area contributed by atoms with Crippen LogP contribution in [0.25, 0.3) is 0 Å². The van der Waals surface area contributed by atoms with Crippen molar-refractivity contribution in [2.45, 2.75) is 27.2 Å². The van der Waals surface area contributed by atoms with Crippen LogP contribution >= 0.6 is 0 Å². The number of carbonyl (C=O) groups is 1. The lowest BCUT2D eigenvalue weighted by molar-refractivity contribution is -0.117. The van der Waals surface area contributed by atoms with E-state index in [2.05, 4.69) is 11.2 Å². The number of hydrogen-bond donors (Lipinski definition) is 1. The number of allylic oxidation sites excluding steroid dienone is 1. The van der Waals surface area contributed by atoms with Gasteiger partial charge in [0.2, 0.25) is 5.91 Å². The summed E-state index contributed by atoms with van der Waals surface area (Å²) in [5.74, 6) is 2.44. The van der Waals surface area contributed by atoms with Gasteiger partial charge < -0.3 is 5.32 Å². The van der Waals surface area contributed by atoms with E-state index in [9.17, 15) is 4.79 Å². The summed E-state index contributed by atoms with van der Waals surface area (Å²) in [6.07, 6.45) is 5.62. The van der Waals surface area contributed by atoms with Gasteiger partial charge >= 0.3 is 0 Å². The van der Waals surface area contributed by atoms with Crippen LogP contribution in [0.1, 0.15) is 27.2 Å². The molecular weight excluding hydrogens is 150 g/mol. The highest BCUT2D eigenvalue weighted by molar-refractivity contribution is 5.93. The number of hydrogen-bond acceptors (Lipinski definition) is 1. The van der Waals surface area contributed by atoms with Gasteiger partial charge in [-0.1, -0.05) is 5.57 Å². The van der Waals surface area contributed by atoms with E-state index >= 15 is 0 Å². The minimum Gasteiger partial charge on any atom is -0.351 e. The van der Waals surface area contributed by atoms with Gasteiger partial charge in [-0.05, 0) is 20.8 Å². The maximum Gasteiger partial charge on any atom is 0.246 e. The van der Waals surface area contributed by atoms with Crippen LogP contribution in [0.3, 0.4) is 0 Å². The normalized spacial score (nSPS) is 8.50. The van der Waals surface area contributed by atoms with Crippen LogP contribution in [0, 0.1) is 12.3 Å². The van der Waals surface area contributed by atoms with E-state index < -0.39 is 0 Å². The third kappa shape index (κ3) is 3.82. The van der Waals surface area contributed by atoms with E-state index in [1.807, 2.05) is 13.8 Å². The molecule has 2 nitrogen and oxygen atoms in total. The summed E-state index contributed by atoms with van der Waals surface area (Å²) in [6.45, 7) is 6.19. The van der Waals surface area contributed by atoms with Crippen LogP contribution in [-0.2, 0) is 4.79 Å². The fourth-order valence-electron chi connectivity index (χ4n) is 0.608. The lowest BCUT2D eigenvalue weighted by Crippen LogP contribution is -2.25. The van der Waals surface area contributed by atoms with Crippen LogP contribution in [0.5, 0.6) is 0 Å². The second-order valence-corrected chi connectivity index (χ2v) is 2.84. The molecule has 12 heavy (non-hydrogen) atoms. The molecule has 0 aliphatic heterocycles. The Labute approximate surface area is 74.0 Å². The molecule has 0 rings (SSSR count). The Hall–Kier alpha value is -1.23. The molecule has 0 heterocycles. The maximum atomic E-state index is 11.2. The van der Waals surface area contributed by atoms with Gasteiger partial charge in [0.15, 0.2) is 0 Å². The molecular formula is C10H15NO. The first-order chi connectivity index (χ1) is 5.59. The van der Waals surface area contributed by atoms with Crippen molar-refractivity contribution in [3.05, 3.63) is 11.1 Å². The third-order valence-electron chi connectivity index (χ3n) is 1.65. The van der Waals surface area contributed by atoms with Gasteiger partial charge in [0.1, 0.15) is 0 Å². The second kappa shape index (κ2) is 5.42. The van der Waals surface area contributed by atoms with E-state index in [1.54, 1.807) is 6.92 Å². The first-order valence-electron chi connectivity index (χ1n) is 3.95. The molecule has 2 heteroatoms. The topological polar surface area (TPSA) is 29.1 Å². The zero-order valence-electron chi connectivity index (χ0n) is 7.90. The van der Waals surface area contributed by atoms with Gasteiger partial charge in [-0.25, -0.2) is 0 Å². The summed E-state index contributed by atoms with van der Waals surface area (Å²) in [6, 6.07) is 0. The maximum absolute atomic E-state index is 11.2. The molecule has 0 radical (unpaired) electrons. The van der Waals surface area contributed by atoms with Gasteiger partial charge in [0.25, 0.3) is 0 Å². The highest BCUT2D eigenvalue weighted by Gasteiger charge is 2.02. The Bertz CT molecular complexity index is 229. The van der Waals surface area contributed by atoms with Crippen LogP contribution in [0.4, 0.5) is 0 Å². The number of rotatable bonds is 3. The van der Waals surface area contributed by atoms with Crippen molar-refractivity contribution in [3.8, 4) is 12.3 Å². The fourth-order valence-corrected chi connectivity index (χ4v) is 0.608. The predicted molar refractivity (Wildman–Crippen MR) is 50.5 cm³/mol. The molecule has 0 spiro atoms. The van der Waals surface area contributed by atoms with Crippen molar-refractivity contribution < 1.29 is 4.79 Å². The predicted octanol–water partition coefficient (Wildman–Crippen LogP) is 1.48. The smallest absolute Gasteiger partial charge is 0.246 e. The molecule has 0 aliphatic rings. The van der Waals surface area contributed by atoms with E-state index in [4.69, 9.17) is 6.42 Å². The molecule has 0 unspecified atom stereocenters. The molecule has 0 fully saturated rings. The number of nitrogens with one attached hydrogen (secondary N) is 1. The molecule has 0 atom stereocenters. The van der Waals surface area contributed by atoms with Gasteiger partial charge in [-0.3, -0.25) is 4.79 Å². The average Bonchev–Trinajstić information content (AvgIpc) is 2.03. The fraction of sp³-hybridized carbons (Fsp3) is 0.500. The molecule has 1 N–H and O–H groups in total. The molecule has 0 saturated heterocycles. The molecule has 66 valence electrons. The number of amides is 1. The van der Waals surface area contributed by atoms with Gasteiger partial charge in [0.05, 0.1) is 0 Å². The zero-order chi connectivity index (χ0) is 9.56. The summed E-state index contributed by atoms with van der Waals surface area (Å²) in [4.78, 5) is 11.2. The van der Waals surface area contributed by atoms with Crippen LogP contribution in [0.2, 0.25) is 0 Å². The monoisotopic (exact) mass is 165 g/mol. The summed E-state index contributed by atoms with van der Waals surface area (Å²) in [7, 11) is 0. The Kier molecular flexibility index (Phi) is 4.87. The quantitative estimate of drug-likeness (QED) is 0.383. The molecule has 0 aromatic heterocycles. The summed E-state index contributed by atoms with van der Waals surface area (Å²) in [5, 5.41) is 2.73. The van der Waals surface area contributed by atoms with Crippen LogP contribution in [0.15, 0.2) is 11.1 Å². The Morgan fingerprint density at radius 1 is 1.42 bits per heavy atom. The van der Waals surface area contributed by atoms with Crippen molar-refractivity contribution in [2.75, 3.05) is 6.54 Å². The van der Waals surface area contributed by atoms with Crippen molar-refractivity contribution >= 4 is 5.91 Å². The van der Waals surface area contributed by atoms with Crippen molar-refractivity contribution in [1.82, 2.24) is 5.32 Å². The minimum absolute atomic E-state index is 0.0229. The lowest BCUT2D eigenvalue weighted by atomic mass is 10.1. The standard InChI is InChI=1S/C10H15NO/c1-5-6-7-11-10(12)9(4)8(2)3/h1H,6-7H2,2-4H3,(H,11,12). The van der Waals surface area contributed by atoms with E-state index in [-0.39, 0.29) is 5.91 Å². The summed E-state index contributed by atoms with van der Waals surface area (Å²) in [5.41, 5.74) is 1.81. The average molecular weight is 165 g/mol. The Balaban J connectivity index is 3.91. The highest BCUT2D eigenvalue weighted by atomic mass is 16.1. The summed E-state index contributed by atoms with van der Waals surface area (Å²) >= 11 is 0. The van der Waals surface area contributed by atoms with E-state index in [1.165, 1.54) is 0 Å². The van der Waals surface area contributed by atoms with Crippen LogP contribution in [-0.4, -0.2) is 12.5 Å². The van der Waals surface area contributed by atoms with Crippen molar-refractivity contribution in [2.24, 2.45) is 0 Å². The van der Waals surface area contributed by atoms with Gasteiger partial charge in [-0.15, -0.1) is 12.3 Å². The van der Waals surface area contributed by atoms with E-state index in [0.717, 1.165) is 11.1 Å². The molecule has 0 saturated carbocycles. The lowest BCUT2D eigenvalue weighted by Gasteiger charge is -2.04. The third-order valence-corrected chi connectivity index (χ3v) is 1.65. The first-order valence-corrected chi connectivity index (χ1v) is 3.95. The van der Waals surface area contributed by atoms with Crippen molar-refractivity contribution in [3.63, 3.8) is 0 Å². The van der Waals surface area contributed by atoms with Crippen molar-refractivity contribution in [1.29, 1.82) is 0 Å². The highest BCUT2D eigenvalue weighted by Crippen LogP contribution is 2.00. The largest absolute Gasteiger partial charge is 0.351 e. The molecule has 0 aromatic rings. The molecule has 0 aliphatic carbocycles. The summed E-state index contributed by atoms with van der Waals surface area (Å²) < 4.78 is 0. The molecule has 1 amide bonds. The Morgan fingerprint density at radius 2 is 2.00 bits per heavy atom. The first kappa shape index (κ1) is 10.8. The Morgan fingerprint density at radius 3 is 2.42 bits per heavy atom. The molecule has 0 bridgehead atoms. The van der Waals surface area contributed by atoms with Gasteiger partial charge in [-0.2, -0.15) is 0 Å². The zero-order valence-corrected chi connectivity index (χ0v) is 7.90. The van der Waals surface area contributed by atoms with E-state index in [0.29, 0.717) is 13.0 Å². The molecule has 0 aromatic carbocycles. The van der Waals surface area contributed by atoms with Crippen LogP contribution < -0.4 is 5.32 Å². The minimum atomic E-state index is -0.0229. The second-order valence-electron chi connectivity index (χ2n) is 2.84. The SMILES string of the molecule is C#CCCNC(=O)C(C)=C(C)C.